The van der Waals surface area contributed by atoms with Crippen LogP contribution in [0.15, 0.2) is 0 Å². The summed E-state index contributed by atoms with van der Waals surface area (Å²) < 4.78 is 0. The van der Waals surface area contributed by atoms with E-state index in [2.05, 4.69) is 0 Å². The maximum Gasteiger partial charge on any atom is 0.343 e. The van der Waals surface area contributed by atoms with Gasteiger partial charge in [0.05, 0.1) is 11.0 Å². The van der Waals surface area contributed by atoms with E-state index in [-0.39, 0.29) is 54.4 Å². The fraction of sp³-hybridized carbons (Fsp3) is 0.684. The Morgan fingerprint density at radius 2 is 1.62 bits per heavy atom. The summed E-state index contributed by atoms with van der Waals surface area (Å²) in [4.78, 5) is 77.2. The van der Waals surface area contributed by atoms with Gasteiger partial charge in [-0.2, -0.15) is 0 Å². The zero-order valence-electron chi connectivity index (χ0n) is 16.3. The summed E-state index contributed by atoms with van der Waals surface area (Å²) in [6.07, 6.45) is 3.23. The molecule has 2 saturated heterocycles. The predicted molar refractivity (Wildman–Crippen MR) is 101 cm³/mol. The number of hydroxylamine groups is 2. The average Bonchev–Trinajstić information content (AvgIpc) is 3.14. The third-order valence-corrected chi connectivity index (χ3v) is 6.84. The monoisotopic (exact) mass is 424 g/mol. The lowest BCUT2D eigenvalue weighted by molar-refractivity contribution is -0.195. The standard InChI is InChI=1S/C19H24N2O7S/c1-11(22)13-4-2-12(3-5-13)9-20-17(25)8-14(19(20)27)29-10-18(26)28-21-15(23)6-7-16(21)24/h12-14H,2-10H2,1H3. The second-order valence-electron chi connectivity index (χ2n) is 7.72. The molecule has 0 aromatic heterocycles. The molecule has 4 amide bonds. The Bertz CT molecular complexity index is 729. The zero-order valence-corrected chi connectivity index (χ0v) is 17.1. The van der Waals surface area contributed by atoms with Crippen LogP contribution in [0.1, 0.15) is 51.9 Å². The van der Waals surface area contributed by atoms with Crippen molar-refractivity contribution in [3.05, 3.63) is 0 Å². The van der Waals surface area contributed by atoms with Crippen LogP contribution in [0, 0.1) is 11.8 Å². The topological polar surface area (TPSA) is 118 Å². The summed E-state index contributed by atoms with van der Waals surface area (Å²) in [5.74, 6) is -2.29. The van der Waals surface area contributed by atoms with Gasteiger partial charge in [-0.25, -0.2) is 4.79 Å². The number of nitrogens with zero attached hydrogens (tertiary/aromatic N) is 2. The lowest BCUT2D eigenvalue weighted by atomic mass is 9.80. The van der Waals surface area contributed by atoms with Crippen LogP contribution in [0.4, 0.5) is 0 Å². The molecule has 3 aliphatic rings. The Morgan fingerprint density at radius 3 is 2.21 bits per heavy atom. The van der Waals surface area contributed by atoms with E-state index in [0.29, 0.717) is 11.6 Å². The van der Waals surface area contributed by atoms with Crippen LogP contribution in [0.2, 0.25) is 0 Å². The minimum absolute atomic E-state index is 0.0121. The number of hydrogen-bond donors (Lipinski definition) is 0. The normalized spacial score (nSPS) is 27.7. The molecule has 3 rings (SSSR count). The molecule has 0 N–H and O–H groups in total. The highest BCUT2D eigenvalue weighted by atomic mass is 32.2. The highest BCUT2D eigenvalue weighted by Crippen LogP contribution is 2.32. The third kappa shape index (κ3) is 5.04. The molecule has 1 saturated carbocycles. The molecular formula is C19H24N2O7S. The van der Waals surface area contributed by atoms with Crippen molar-refractivity contribution >= 4 is 47.1 Å². The van der Waals surface area contributed by atoms with Crippen molar-refractivity contribution in [3.63, 3.8) is 0 Å². The summed E-state index contributed by atoms with van der Waals surface area (Å²) in [6, 6.07) is 0. The van der Waals surface area contributed by atoms with Gasteiger partial charge in [0.2, 0.25) is 11.8 Å². The van der Waals surface area contributed by atoms with Crippen molar-refractivity contribution in [3.8, 4) is 0 Å². The molecule has 9 nitrogen and oxygen atoms in total. The Balaban J connectivity index is 1.45. The number of amides is 4. The minimum Gasteiger partial charge on any atom is -0.329 e. The average molecular weight is 424 g/mol. The zero-order chi connectivity index (χ0) is 21.1. The number of thioether (sulfide) groups is 1. The number of ketones is 1. The number of likely N-dealkylation sites (tertiary alicyclic amines) is 1. The van der Waals surface area contributed by atoms with E-state index < -0.39 is 23.0 Å². The smallest absolute Gasteiger partial charge is 0.329 e. The van der Waals surface area contributed by atoms with E-state index in [1.54, 1.807) is 6.92 Å². The summed E-state index contributed by atoms with van der Waals surface area (Å²) >= 11 is 0.979. The van der Waals surface area contributed by atoms with Crippen molar-refractivity contribution in [2.75, 3.05) is 12.3 Å². The van der Waals surface area contributed by atoms with Gasteiger partial charge >= 0.3 is 5.97 Å². The molecule has 0 bridgehead atoms. The predicted octanol–water partition coefficient (Wildman–Crippen LogP) is 0.850. The van der Waals surface area contributed by atoms with Crippen LogP contribution < -0.4 is 0 Å². The Labute approximate surface area is 172 Å². The largest absolute Gasteiger partial charge is 0.343 e. The first-order chi connectivity index (χ1) is 13.8. The van der Waals surface area contributed by atoms with E-state index in [9.17, 15) is 28.8 Å². The van der Waals surface area contributed by atoms with Gasteiger partial charge in [-0.1, -0.05) is 0 Å². The SMILES string of the molecule is CC(=O)C1CCC(CN2C(=O)CC(SCC(=O)ON3C(=O)CCC3=O)C2=O)CC1. The number of imide groups is 2. The van der Waals surface area contributed by atoms with Crippen LogP contribution >= 0.6 is 11.8 Å². The first-order valence-electron chi connectivity index (χ1n) is 9.79. The number of hydrogen-bond acceptors (Lipinski definition) is 8. The van der Waals surface area contributed by atoms with E-state index in [4.69, 9.17) is 4.84 Å². The number of Topliss-reactive ketones (excluding diaryl/α,β-unsaturated/α-hetero) is 1. The number of carbonyl (C=O) groups excluding carboxylic acids is 6. The van der Waals surface area contributed by atoms with Gasteiger partial charge in [0, 0.05) is 31.7 Å². The quantitative estimate of drug-likeness (QED) is 0.552. The highest BCUT2D eigenvalue weighted by molar-refractivity contribution is 8.01. The summed E-state index contributed by atoms with van der Waals surface area (Å²) in [6.45, 7) is 1.95. The molecule has 0 radical (unpaired) electrons. The van der Waals surface area contributed by atoms with Crippen molar-refractivity contribution in [1.29, 1.82) is 0 Å². The molecule has 2 aliphatic heterocycles. The van der Waals surface area contributed by atoms with E-state index in [1.165, 1.54) is 4.90 Å². The molecule has 3 fully saturated rings. The molecule has 0 aromatic carbocycles. The van der Waals surface area contributed by atoms with Crippen LogP contribution in [0.3, 0.4) is 0 Å². The maximum atomic E-state index is 12.6. The van der Waals surface area contributed by atoms with Gasteiger partial charge < -0.3 is 4.84 Å². The Kier molecular flexibility index (Phi) is 6.71. The van der Waals surface area contributed by atoms with E-state index in [1.807, 2.05) is 0 Å². The van der Waals surface area contributed by atoms with Crippen molar-refractivity contribution in [2.45, 2.75) is 57.1 Å². The van der Waals surface area contributed by atoms with Crippen molar-refractivity contribution < 1.29 is 33.6 Å². The summed E-state index contributed by atoms with van der Waals surface area (Å²) in [5, 5.41) is -0.206. The fourth-order valence-electron chi connectivity index (χ4n) is 3.94. The first kappa shape index (κ1) is 21.5. The van der Waals surface area contributed by atoms with Gasteiger partial charge in [-0.05, 0) is 38.5 Å². The van der Waals surface area contributed by atoms with Gasteiger partial charge in [0.15, 0.2) is 0 Å². The number of carbonyl (C=O) groups is 6. The molecule has 0 aromatic rings. The third-order valence-electron chi connectivity index (χ3n) is 5.67. The lowest BCUT2D eigenvalue weighted by Gasteiger charge is -2.29. The molecule has 2 heterocycles. The molecule has 29 heavy (non-hydrogen) atoms. The number of rotatable bonds is 7. The molecule has 1 unspecified atom stereocenters. The van der Waals surface area contributed by atoms with E-state index in [0.717, 1.165) is 37.4 Å². The summed E-state index contributed by atoms with van der Waals surface area (Å²) in [5.41, 5.74) is 0. The van der Waals surface area contributed by atoms with E-state index >= 15 is 0 Å². The van der Waals surface area contributed by atoms with Crippen molar-refractivity contribution in [1.82, 2.24) is 9.96 Å². The fourth-order valence-corrected chi connectivity index (χ4v) is 4.86. The Morgan fingerprint density at radius 1 is 1.00 bits per heavy atom. The second kappa shape index (κ2) is 9.06. The molecule has 0 spiro atoms. The Hall–Kier alpha value is -2.23. The van der Waals surface area contributed by atoms with Gasteiger partial charge in [-0.3, -0.25) is 28.9 Å². The lowest BCUT2D eigenvalue weighted by Crippen LogP contribution is -2.37. The van der Waals surface area contributed by atoms with Gasteiger partial charge in [0.25, 0.3) is 11.8 Å². The first-order valence-corrected chi connectivity index (χ1v) is 10.8. The van der Waals surface area contributed by atoms with Crippen LogP contribution in [-0.2, 0) is 33.6 Å². The van der Waals surface area contributed by atoms with Crippen LogP contribution in [0.25, 0.3) is 0 Å². The second-order valence-corrected chi connectivity index (χ2v) is 8.91. The van der Waals surface area contributed by atoms with Crippen LogP contribution in [0.5, 0.6) is 0 Å². The molecular weight excluding hydrogens is 400 g/mol. The minimum atomic E-state index is -0.806. The maximum absolute atomic E-state index is 12.6. The molecule has 158 valence electrons. The highest BCUT2D eigenvalue weighted by Gasteiger charge is 2.41. The molecule has 10 heteroatoms. The van der Waals surface area contributed by atoms with Crippen LogP contribution in [-0.4, -0.2) is 62.9 Å². The van der Waals surface area contributed by atoms with Gasteiger partial charge in [-0.15, -0.1) is 16.8 Å². The molecule has 1 aliphatic carbocycles. The van der Waals surface area contributed by atoms with Crippen molar-refractivity contribution in [2.24, 2.45) is 11.8 Å². The van der Waals surface area contributed by atoms with Gasteiger partial charge in [0.1, 0.15) is 5.78 Å². The summed E-state index contributed by atoms with van der Waals surface area (Å²) in [7, 11) is 0. The molecule has 1 atom stereocenters.